The summed E-state index contributed by atoms with van der Waals surface area (Å²) in [6, 6.07) is 3.60. The second kappa shape index (κ2) is 25.0. The number of aliphatic hydroxyl groups is 3. The van der Waals surface area contributed by atoms with Crippen molar-refractivity contribution in [1.82, 2.24) is 19.5 Å². The van der Waals surface area contributed by atoms with Crippen molar-refractivity contribution in [3.63, 3.8) is 0 Å². The van der Waals surface area contributed by atoms with Crippen LogP contribution < -0.4 is 20.4 Å². The van der Waals surface area contributed by atoms with Gasteiger partial charge < -0.3 is 64.7 Å². The molecule has 5 aromatic rings. The van der Waals surface area contributed by atoms with Gasteiger partial charge in [-0.2, -0.15) is 5.10 Å². The van der Waals surface area contributed by atoms with Crippen molar-refractivity contribution < 1.29 is 81.9 Å². The first-order valence-corrected chi connectivity index (χ1v) is 28.6. The number of rotatable bonds is 8. The Hall–Kier alpha value is -8.94. The number of benzene rings is 3. The fraction of sp³-hybridized carbons (Fsp3) is 0.413. The molecule has 468 valence electrons. The molecule has 0 saturated carbocycles. The highest BCUT2D eigenvalue weighted by atomic mass is 19.1. The van der Waals surface area contributed by atoms with Crippen LogP contribution in [0, 0.1) is 54.0 Å². The predicted octanol–water partition coefficient (Wildman–Crippen LogP) is 7.40. The van der Waals surface area contributed by atoms with E-state index in [0.717, 1.165) is 41.4 Å². The van der Waals surface area contributed by atoms with E-state index < -0.39 is 134 Å². The Morgan fingerprint density at radius 2 is 1.61 bits per heavy atom. The quantitative estimate of drug-likeness (QED) is 0.0262. The number of nitrogens with one attached hydrogen (secondary N) is 1. The number of amides is 2. The van der Waals surface area contributed by atoms with Crippen LogP contribution in [-0.2, 0) is 28.6 Å². The van der Waals surface area contributed by atoms with Gasteiger partial charge in [-0.3, -0.25) is 33.5 Å². The van der Waals surface area contributed by atoms with E-state index in [0.29, 0.717) is 6.07 Å². The molecule has 1 unspecified atom stereocenters. The Balaban J connectivity index is 1.01. The number of Topliss-reactive ketones (excluding diaryl/α,β-unsaturated/α-hetero) is 1. The summed E-state index contributed by atoms with van der Waals surface area (Å²) in [5.74, 6) is -14.2. The number of allylic oxidation sites excluding steroid dienone is 2. The normalized spacial score (nSPS) is 26.9. The molecule has 7 N–H and O–H groups in total. The van der Waals surface area contributed by atoms with Gasteiger partial charge in [-0.1, -0.05) is 52.5 Å². The number of phenols is 3. The molecule has 10 atom stereocenters. The maximum absolute atomic E-state index is 16.0. The number of hydrogen-bond acceptors (Lipinski definition) is 19. The lowest BCUT2D eigenvalue weighted by atomic mass is 9.78. The summed E-state index contributed by atoms with van der Waals surface area (Å²) in [6.07, 6.45) is 5.49. The zero-order valence-corrected chi connectivity index (χ0v) is 49.9. The standard InChI is InChI=1S/C63H70F3N7O15/c1-29-12-11-13-30(2)61(83)68-49-40(54(80)46-47(55(49)81)52(78)34(6)57-48(46)58(82)63(9,88-57)86-23-17-45(85-10)31(3)56(87-36(8)75)33(5)51(77)32(4)50(29)76)26-67-72-21-19-70(20-22-72)62(84)37-16-18-71(27-37)60-43(66)25-39-53(79)41(35(7)74)28-73(59(39)69-60)44-15-14-38(64)24-42(44)65/h11-15,17,23-26,28-29,31-33,37,45,50-51,56,74,76-78,80-81H,7,16,18-22,27H2,1-6,8-10H3,(H,68,83)/b12-11+,23-17+,30-13-,67-26+/t29-,31+,32+,33+,37?,45-,50-,51+,56+,63-/m0/s1. The molecule has 88 heavy (non-hydrogen) atoms. The third kappa shape index (κ3) is 11.8. The first-order valence-electron chi connectivity index (χ1n) is 28.6. The topological polar surface area (TPSA) is 296 Å². The second-order valence-corrected chi connectivity index (χ2v) is 23.0. The Morgan fingerprint density at radius 3 is 2.27 bits per heavy atom. The summed E-state index contributed by atoms with van der Waals surface area (Å²) in [4.78, 5) is 76.5. The Bertz CT molecular complexity index is 3860. The molecule has 2 amide bonds. The van der Waals surface area contributed by atoms with E-state index >= 15 is 8.78 Å². The number of fused-ring (bicyclic) bond motifs is 15. The van der Waals surface area contributed by atoms with Crippen molar-refractivity contribution in [2.24, 2.45) is 34.7 Å². The Labute approximate surface area is 503 Å². The minimum atomic E-state index is -2.17. The summed E-state index contributed by atoms with van der Waals surface area (Å²) >= 11 is 0. The fourth-order valence-electron chi connectivity index (χ4n) is 12.0. The summed E-state index contributed by atoms with van der Waals surface area (Å²) < 4.78 is 70.1. The van der Waals surface area contributed by atoms with Crippen molar-refractivity contribution in [3.8, 4) is 28.7 Å². The molecule has 5 aliphatic rings. The molecule has 2 aromatic heterocycles. The van der Waals surface area contributed by atoms with E-state index in [1.165, 1.54) is 57.9 Å². The zero-order valence-electron chi connectivity index (χ0n) is 49.9. The molecule has 5 bridgehead atoms. The number of halogens is 3. The number of aromatic hydroxyl groups is 3. The minimum Gasteiger partial charge on any atom is -0.508 e. The van der Waals surface area contributed by atoms with Crippen LogP contribution >= 0.6 is 0 Å². The maximum Gasteiger partial charge on any atom is 0.312 e. The molecule has 2 fully saturated rings. The van der Waals surface area contributed by atoms with Gasteiger partial charge in [0.15, 0.2) is 23.0 Å². The van der Waals surface area contributed by atoms with Gasteiger partial charge in [0.05, 0.1) is 88.6 Å². The number of aromatic nitrogens is 2. The molecule has 5 aliphatic heterocycles. The van der Waals surface area contributed by atoms with E-state index in [4.69, 9.17) is 18.9 Å². The van der Waals surface area contributed by atoms with Gasteiger partial charge in [-0.15, -0.1) is 0 Å². The van der Waals surface area contributed by atoms with E-state index in [2.05, 4.69) is 22.0 Å². The van der Waals surface area contributed by atoms with Gasteiger partial charge >= 0.3 is 11.8 Å². The number of ketones is 1. The molecule has 0 radical (unpaired) electrons. The van der Waals surface area contributed by atoms with Crippen molar-refractivity contribution >= 4 is 68.9 Å². The summed E-state index contributed by atoms with van der Waals surface area (Å²) in [5, 5.41) is 77.5. The van der Waals surface area contributed by atoms with Crippen molar-refractivity contribution in [2.75, 3.05) is 56.6 Å². The molecule has 0 spiro atoms. The number of hydrogen-bond donors (Lipinski definition) is 7. The summed E-state index contributed by atoms with van der Waals surface area (Å²) in [6.45, 7) is 16.2. The Morgan fingerprint density at radius 1 is 0.909 bits per heavy atom. The van der Waals surface area contributed by atoms with Crippen LogP contribution in [0.2, 0.25) is 0 Å². The molecule has 2 saturated heterocycles. The van der Waals surface area contributed by atoms with Crippen LogP contribution in [0.4, 0.5) is 24.7 Å². The number of nitrogens with zero attached hydrogens (tertiary/aromatic N) is 6. The lowest BCUT2D eigenvalue weighted by Crippen LogP contribution is -2.49. The van der Waals surface area contributed by atoms with E-state index in [9.17, 15) is 59.0 Å². The molecule has 25 heteroatoms. The Kier molecular flexibility index (Phi) is 18.1. The van der Waals surface area contributed by atoms with Gasteiger partial charge in [0.2, 0.25) is 11.3 Å². The average Bonchev–Trinajstić information content (AvgIpc) is 1.84. The molecule has 7 heterocycles. The highest BCUT2D eigenvalue weighted by Crippen LogP contribution is 2.55. The summed E-state index contributed by atoms with van der Waals surface area (Å²) in [7, 11) is 1.40. The van der Waals surface area contributed by atoms with Crippen LogP contribution in [0.25, 0.3) is 33.3 Å². The van der Waals surface area contributed by atoms with Gasteiger partial charge in [-0.05, 0) is 44.5 Å². The lowest BCUT2D eigenvalue weighted by molar-refractivity contribution is -0.160. The number of carbonyl (C=O) groups excluding carboxylic acids is 4. The number of hydrazone groups is 1. The van der Waals surface area contributed by atoms with Crippen molar-refractivity contribution in [1.29, 1.82) is 0 Å². The number of phenolic OH excluding ortho intramolecular Hbond substituents is 3. The average molecular weight is 1220 g/mol. The van der Waals surface area contributed by atoms with Crippen molar-refractivity contribution in [2.45, 2.75) is 92.0 Å². The molecule has 22 nitrogen and oxygen atoms in total. The SMILES string of the molecule is C=C(O)c1cn(-c2ccc(F)cc2F)c2nc(N3CCC(C(=O)N4CCN(/N=C/c5c6c(O)c7c(O)c(C)c8c(c7c5O)C(=O)[C@@](C)(O/C=C/[C@H](OC)[C@@H](C)[C@@H](OC(C)=O)[C@H](C)[C@H](O)[C@H](C)[C@@H](O)[C@@H](C)/C=C/C=C(/C)C(=O)N6)O8)CC4)C3)c(F)cc2c1=O. The first-order chi connectivity index (χ1) is 41.6. The number of anilines is 2. The second-order valence-electron chi connectivity index (χ2n) is 23.0. The van der Waals surface area contributed by atoms with E-state index in [1.54, 1.807) is 43.7 Å². The van der Waals surface area contributed by atoms with Gasteiger partial charge in [-0.25, -0.2) is 18.2 Å². The van der Waals surface area contributed by atoms with Gasteiger partial charge in [0.1, 0.15) is 40.7 Å². The predicted molar refractivity (Wildman–Crippen MR) is 319 cm³/mol. The number of aliphatic hydroxyl groups excluding tert-OH is 3. The number of pyridine rings is 2. The smallest absolute Gasteiger partial charge is 0.312 e. The monoisotopic (exact) mass is 1220 g/mol. The van der Waals surface area contributed by atoms with E-state index in [-0.39, 0.29) is 113 Å². The zero-order chi connectivity index (χ0) is 64.1. The lowest BCUT2D eigenvalue weighted by Gasteiger charge is -2.38. The number of methoxy groups -OCH3 is 1. The van der Waals surface area contributed by atoms with Crippen LogP contribution in [0.1, 0.15) is 81.9 Å². The first kappa shape index (κ1) is 63.6. The maximum atomic E-state index is 16.0. The van der Waals surface area contributed by atoms with Crippen molar-refractivity contribution in [3.05, 3.63) is 123 Å². The highest BCUT2D eigenvalue weighted by Gasteiger charge is 2.50. The molecule has 10 rings (SSSR count). The third-order valence-corrected chi connectivity index (χ3v) is 17.2. The third-order valence-electron chi connectivity index (χ3n) is 17.2. The van der Waals surface area contributed by atoms with Crippen LogP contribution in [0.3, 0.4) is 0 Å². The molecular formula is C63H70F3N7O15. The number of piperazine rings is 1. The molecule has 3 aromatic carbocycles. The van der Waals surface area contributed by atoms with Crippen LogP contribution in [-0.4, -0.2) is 156 Å². The highest BCUT2D eigenvalue weighted by molar-refractivity contribution is 6.24. The van der Waals surface area contributed by atoms with Gasteiger partial charge in [0.25, 0.3) is 11.7 Å². The van der Waals surface area contributed by atoms with Crippen LogP contribution in [0.5, 0.6) is 23.0 Å². The van der Waals surface area contributed by atoms with E-state index in [1.807, 2.05) is 0 Å². The number of carbonyl (C=O) groups is 4. The minimum absolute atomic E-state index is 0.00463. The largest absolute Gasteiger partial charge is 0.508 e. The van der Waals surface area contributed by atoms with Crippen LogP contribution in [0.15, 0.2) is 83.1 Å². The van der Waals surface area contributed by atoms with Gasteiger partial charge in [0, 0.05) is 99.6 Å². The summed E-state index contributed by atoms with van der Waals surface area (Å²) in [5.41, 5.74) is -2.64. The molecular weight excluding hydrogens is 1150 g/mol. The number of ether oxygens (including phenoxy) is 4. The number of esters is 1. The molecule has 0 aliphatic carbocycles. The fourth-order valence-corrected chi connectivity index (χ4v) is 12.0.